The van der Waals surface area contributed by atoms with E-state index in [2.05, 4.69) is 53.0 Å². The Kier molecular flexibility index (Phi) is 5.17. The van der Waals surface area contributed by atoms with Gasteiger partial charge in [-0.25, -0.2) is 0 Å². The quantitative estimate of drug-likeness (QED) is 0.837. The lowest BCUT2D eigenvalue weighted by atomic mass is 9.81. The standard InChI is InChI=1S/C16H22BrNO/c1-12-6-7-16(19)14(8-12)11-18(2)10-13-4-3-5-15(17)9-13/h3-5,9,12,14H,6-8,10-11H2,1-2H3. The molecule has 0 bridgehead atoms. The predicted octanol–water partition coefficient (Wildman–Crippen LogP) is 3.89. The number of Topliss-reactive ketones (excluding diaryl/α,β-unsaturated/α-hetero) is 1. The van der Waals surface area contributed by atoms with Crippen LogP contribution < -0.4 is 0 Å². The van der Waals surface area contributed by atoms with Crippen LogP contribution in [0.3, 0.4) is 0 Å². The molecular formula is C16H22BrNO. The molecule has 1 aromatic carbocycles. The normalized spacial score (nSPS) is 23.9. The lowest BCUT2D eigenvalue weighted by molar-refractivity contribution is -0.126. The first-order valence-electron chi connectivity index (χ1n) is 7.00. The Morgan fingerprint density at radius 1 is 1.42 bits per heavy atom. The van der Waals surface area contributed by atoms with Crippen molar-refractivity contribution in [3.8, 4) is 0 Å². The Morgan fingerprint density at radius 3 is 2.95 bits per heavy atom. The third-order valence-electron chi connectivity index (χ3n) is 3.90. The van der Waals surface area contributed by atoms with Crippen LogP contribution in [-0.2, 0) is 11.3 Å². The van der Waals surface area contributed by atoms with Crippen molar-refractivity contribution in [2.75, 3.05) is 13.6 Å². The van der Waals surface area contributed by atoms with Crippen molar-refractivity contribution in [3.63, 3.8) is 0 Å². The van der Waals surface area contributed by atoms with Crippen molar-refractivity contribution >= 4 is 21.7 Å². The molecule has 0 radical (unpaired) electrons. The number of hydrogen-bond acceptors (Lipinski definition) is 2. The van der Waals surface area contributed by atoms with Gasteiger partial charge in [-0.2, -0.15) is 0 Å². The predicted molar refractivity (Wildman–Crippen MR) is 82.0 cm³/mol. The van der Waals surface area contributed by atoms with Crippen LogP contribution in [0.5, 0.6) is 0 Å². The summed E-state index contributed by atoms with van der Waals surface area (Å²) in [4.78, 5) is 14.2. The fourth-order valence-corrected chi connectivity index (χ4v) is 3.34. The average Bonchev–Trinajstić information content (AvgIpc) is 2.34. The zero-order valence-corrected chi connectivity index (χ0v) is 13.3. The molecule has 104 valence electrons. The first-order chi connectivity index (χ1) is 9.04. The van der Waals surface area contributed by atoms with Crippen molar-refractivity contribution in [1.82, 2.24) is 4.90 Å². The van der Waals surface area contributed by atoms with E-state index in [1.807, 2.05) is 6.07 Å². The van der Waals surface area contributed by atoms with Crippen LogP contribution >= 0.6 is 15.9 Å². The molecule has 1 aliphatic rings. The van der Waals surface area contributed by atoms with Gasteiger partial charge in [-0.05, 0) is 43.5 Å². The minimum Gasteiger partial charge on any atom is -0.301 e. The van der Waals surface area contributed by atoms with E-state index in [-0.39, 0.29) is 5.92 Å². The number of halogens is 1. The summed E-state index contributed by atoms with van der Waals surface area (Å²) in [6.45, 7) is 4.04. The van der Waals surface area contributed by atoms with Crippen LogP contribution in [0.25, 0.3) is 0 Å². The highest BCUT2D eigenvalue weighted by atomic mass is 79.9. The molecule has 0 aliphatic heterocycles. The summed E-state index contributed by atoms with van der Waals surface area (Å²) in [6, 6.07) is 8.37. The molecule has 0 heterocycles. The fourth-order valence-electron chi connectivity index (χ4n) is 2.89. The summed E-state index contributed by atoms with van der Waals surface area (Å²) in [7, 11) is 2.10. The molecule has 19 heavy (non-hydrogen) atoms. The summed E-state index contributed by atoms with van der Waals surface area (Å²) in [5, 5.41) is 0. The van der Waals surface area contributed by atoms with Gasteiger partial charge in [0.1, 0.15) is 5.78 Å². The maximum absolute atomic E-state index is 11.9. The summed E-state index contributed by atoms with van der Waals surface area (Å²) in [5.74, 6) is 1.39. The molecule has 3 heteroatoms. The topological polar surface area (TPSA) is 20.3 Å². The SMILES string of the molecule is CC1CCC(=O)C(CN(C)Cc2cccc(Br)c2)C1. The van der Waals surface area contributed by atoms with E-state index in [1.54, 1.807) is 0 Å². The molecule has 2 nitrogen and oxygen atoms in total. The minimum atomic E-state index is 0.237. The van der Waals surface area contributed by atoms with E-state index in [9.17, 15) is 4.79 Å². The van der Waals surface area contributed by atoms with E-state index in [1.165, 1.54) is 5.56 Å². The molecule has 2 atom stereocenters. The lowest BCUT2D eigenvalue weighted by Crippen LogP contribution is -2.34. The van der Waals surface area contributed by atoms with E-state index >= 15 is 0 Å². The first kappa shape index (κ1) is 14.7. The number of hydrogen-bond donors (Lipinski definition) is 0. The van der Waals surface area contributed by atoms with Gasteiger partial charge in [0, 0.05) is 29.9 Å². The van der Waals surface area contributed by atoms with Gasteiger partial charge >= 0.3 is 0 Å². The van der Waals surface area contributed by atoms with Gasteiger partial charge in [0.15, 0.2) is 0 Å². The van der Waals surface area contributed by atoms with Gasteiger partial charge in [-0.3, -0.25) is 4.79 Å². The Hall–Kier alpha value is -0.670. The zero-order chi connectivity index (χ0) is 13.8. The van der Waals surface area contributed by atoms with E-state index in [0.29, 0.717) is 11.7 Å². The van der Waals surface area contributed by atoms with Crippen molar-refractivity contribution in [3.05, 3.63) is 34.3 Å². The molecule has 0 amide bonds. The molecule has 2 unspecified atom stereocenters. The number of benzene rings is 1. The number of nitrogens with zero attached hydrogens (tertiary/aromatic N) is 1. The summed E-state index contributed by atoms with van der Waals surface area (Å²) >= 11 is 3.50. The van der Waals surface area contributed by atoms with Crippen LogP contribution in [0.2, 0.25) is 0 Å². The third-order valence-corrected chi connectivity index (χ3v) is 4.39. The molecule has 0 saturated heterocycles. The van der Waals surface area contributed by atoms with Crippen LogP contribution in [0.15, 0.2) is 28.7 Å². The van der Waals surface area contributed by atoms with Crippen LogP contribution in [0.1, 0.15) is 31.7 Å². The van der Waals surface area contributed by atoms with Gasteiger partial charge < -0.3 is 4.90 Å². The van der Waals surface area contributed by atoms with Gasteiger partial charge in [0.05, 0.1) is 0 Å². The van der Waals surface area contributed by atoms with Crippen LogP contribution in [0.4, 0.5) is 0 Å². The van der Waals surface area contributed by atoms with Crippen molar-refractivity contribution in [2.24, 2.45) is 11.8 Å². The zero-order valence-electron chi connectivity index (χ0n) is 11.7. The van der Waals surface area contributed by atoms with Crippen LogP contribution in [-0.4, -0.2) is 24.3 Å². The highest BCUT2D eigenvalue weighted by molar-refractivity contribution is 9.10. The second-order valence-corrected chi connectivity index (χ2v) is 6.79. The Balaban J connectivity index is 1.90. The highest BCUT2D eigenvalue weighted by Crippen LogP contribution is 2.26. The minimum absolute atomic E-state index is 0.237. The molecule has 1 fully saturated rings. The Bertz CT molecular complexity index is 446. The molecule has 2 rings (SSSR count). The largest absolute Gasteiger partial charge is 0.301 e. The molecule has 1 aromatic rings. The van der Waals surface area contributed by atoms with E-state index in [0.717, 1.165) is 36.8 Å². The number of carbonyl (C=O) groups excluding carboxylic acids is 1. The maximum atomic E-state index is 11.9. The summed E-state index contributed by atoms with van der Waals surface area (Å²) in [5.41, 5.74) is 1.29. The Morgan fingerprint density at radius 2 is 2.21 bits per heavy atom. The molecular weight excluding hydrogens is 302 g/mol. The van der Waals surface area contributed by atoms with Crippen molar-refractivity contribution in [1.29, 1.82) is 0 Å². The first-order valence-corrected chi connectivity index (χ1v) is 7.79. The second-order valence-electron chi connectivity index (χ2n) is 5.87. The highest BCUT2D eigenvalue weighted by Gasteiger charge is 2.27. The van der Waals surface area contributed by atoms with Crippen molar-refractivity contribution in [2.45, 2.75) is 32.7 Å². The van der Waals surface area contributed by atoms with Gasteiger partial charge in [-0.15, -0.1) is 0 Å². The summed E-state index contributed by atoms with van der Waals surface area (Å²) in [6.07, 6.45) is 2.91. The number of carbonyl (C=O) groups is 1. The van der Waals surface area contributed by atoms with Gasteiger partial charge in [0.2, 0.25) is 0 Å². The van der Waals surface area contributed by atoms with E-state index < -0.39 is 0 Å². The molecule has 1 aliphatic carbocycles. The van der Waals surface area contributed by atoms with E-state index in [4.69, 9.17) is 0 Å². The number of ketones is 1. The monoisotopic (exact) mass is 323 g/mol. The van der Waals surface area contributed by atoms with Crippen molar-refractivity contribution < 1.29 is 4.79 Å². The van der Waals surface area contributed by atoms with Gasteiger partial charge in [-0.1, -0.05) is 35.0 Å². The Labute approximate surface area is 124 Å². The third kappa shape index (κ3) is 4.43. The van der Waals surface area contributed by atoms with Crippen LogP contribution in [0, 0.1) is 11.8 Å². The molecule has 0 spiro atoms. The number of rotatable bonds is 4. The summed E-state index contributed by atoms with van der Waals surface area (Å²) < 4.78 is 1.11. The average molecular weight is 324 g/mol. The maximum Gasteiger partial charge on any atom is 0.137 e. The molecule has 0 aromatic heterocycles. The smallest absolute Gasteiger partial charge is 0.137 e. The molecule has 0 N–H and O–H groups in total. The second kappa shape index (κ2) is 6.67. The molecule has 1 saturated carbocycles. The fraction of sp³-hybridized carbons (Fsp3) is 0.562. The van der Waals surface area contributed by atoms with Gasteiger partial charge in [0.25, 0.3) is 0 Å². The lowest BCUT2D eigenvalue weighted by Gasteiger charge is -2.29.